The minimum atomic E-state index is -1.98. The monoisotopic (exact) mass is 1130 g/mol. The van der Waals surface area contributed by atoms with Crippen LogP contribution in [-0.4, -0.2) is 234 Å². The van der Waals surface area contributed by atoms with Crippen molar-refractivity contribution in [2.45, 2.75) is 242 Å². The molecule has 28 atom stereocenters. The summed E-state index contributed by atoms with van der Waals surface area (Å²) in [6.45, 7) is 13.4. The number of fused-ring (bicyclic) bond motifs is 7. The number of ether oxygens (including phenoxy) is 9. The summed E-state index contributed by atoms with van der Waals surface area (Å²) in [4.78, 5) is 28.0. The van der Waals surface area contributed by atoms with Crippen molar-refractivity contribution in [1.82, 2.24) is 0 Å². The van der Waals surface area contributed by atoms with E-state index in [1.807, 2.05) is 0 Å². The molecule has 8 fully saturated rings. The lowest BCUT2D eigenvalue weighted by molar-refractivity contribution is -0.396. The maximum atomic E-state index is 14.8. The van der Waals surface area contributed by atoms with Crippen LogP contribution in [0.1, 0.15) is 113 Å². The predicted octanol–water partition coefficient (Wildman–Crippen LogP) is -1.85. The van der Waals surface area contributed by atoms with E-state index in [9.17, 15) is 76.0 Å². The average Bonchev–Trinajstić information content (AvgIpc) is 2.94. The van der Waals surface area contributed by atoms with Crippen molar-refractivity contribution in [1.29, 1.82) is 0 Å². The van der Waals surface area contributed by atoms with Crippen molar-refractivity contribution < 1.29 is 119 Å². The van der Waals surface area contributed by atoms with Crippen molar-refractivity contribution in [2.75, 3.05) is 26.9 Å². The van der Waals surface area contributed by atoms with Crippen LogP contribution in [-0.2, 0) is 52.2 Å². The van der Waals surface area contributed by atoms with E-state index in [0.29, 0.717) is 38.5 Å². The molecular weight excluding hydrogens is 1040 g/mol. The summed E-state index contributed by atoms with van der Waals surface area (Å²) < 4.78 is 53.3. The molecule has 24 heteroatoms. The van der Waals surface area contributed by atoms with Crippen LogP contribution in [0.4, 0.5) is 0 Å². The zero-order chi connectivity index (χ0) is 57.9. The number of esters is 2. The van der Waals surface area contributed by atoms with Crippen LogP contribution in [0, 0.1) is 50.2 Å². The highest BCUT2D eigenvalue weighted by atomic mass is 16.8. The molecule has 79 heavy (non-hydrogen) atoms. The summed E-state index contributed by atoms with van der Waals surface area (Å²) in [5.74, 6) is -1.59. The molecule has 9 rings (SSSR count). The third kappa shape index (κ3) is 10.1. The number of allylic oxidation sites excluding steroid dienone is 2. The quantitative estimate of drug-likeness (QED) is 0.0579. The van der Waals surface area contributed by atoms with Crippen LogP contribution in [0.25, 0.3) is 0 Å². The first-order valence-corrected chi connectivity index (χ1v) is 28.2. The van der Waals surface area contributed by atoms with Gasteiger partial charge in [0.15, 0.2) is 25.0 Å². The molecule has 0 aromatic heterocycles. The lowest BCUT2D eigenvalue weighted by atomic mass is 9.33. The molecule has 452 valence electrons. The fourth-order valence-electron chi connectivity index (χ4n) is 16.6. The topological polar surface area (TPSA) is 380 Å². The van der Waals surface area contributed by atoms with Gasteiger partial charge in [0.2, 0.25) is 6.29 Å². The molecule has 4 saturated heterocycles. The third-order valence-electron chi connectivity index (χ3n) is 21.6. The number of hydrogen-bond donors (Lipinski definition) is 13. The Morgan fingerprint density at radius 2 is 1.08 bits per heavy atom. The van der Waals surface area contributed by atoms with E-state index in [1.165, 1.54) is 5.57 Å². The van der Waals surface area contributed by atoms with Crippen LogP contribution >= 0.6 is 0 Å². The molecule has 5 aliphatic carbocycles. The molecule has 4 saturated carbocycles. The Morgan fingerprint density at radius 3 is 1.67 bits per heavy atom. The van der Waals surface area contributed by atoms with E-state index in [0.717, 1.165) is 32.8 Å². The number of aliphatic hydroxyl groups excluding tert-OH is 13. The summed E-state index contributed by atoms with van der Waals surface area (Å²) in [7, 11) is 1.08. The van der Waals surface area contributed by atoms with Gasteiger partial charge in [0.05, 0.1) is 38.4 Å². The Balaban J connectivity index is 0.978. The van der Waals surface area contributed by atoms with Gasteiger partial charge in [-0.1, -0.05) is 60.1 Å². The van der Waals surface area contributed by atoms with Crippen molar-refractivity contribution >= 4 is 11.9 Å². The van der Waals surface area contributed by atoms with Crippen molar-refractivity contribution in [3.05, 3.63) is 11.6 Å². The SMILES string of the molecule is COC(=O)C1OC(OC2CCC3(C)C(CCC4(C)C3CC=C3C5CC(C)(C)CCC5(C(=O)OC5OC(CO)C(O)C(O)C5O)CCC34C)C2(C)C)C(OC2OC(CO)C(O)C(O)C2OC2OC(CO)C(O)C(O)C2O)C(O)C1O. The molecule has 4 aliphatic heterocycles. The van der Waals surface area contributed by atoms with E-state index in [1.54, 1.807) is 0 Å². The van der Waals surface area contributed by atoms with E-state index in [2.05, 4.69) is 54.5 Å². The molecule has 0 bridgehead atoms. The summed E-state index contributed by atoms with van der Waals surface area (Å²) >= 11 is 0. The predicted molar refractivity (Wildman–Crippen MR) is 268 cm³/mol. The number of carbonyl (C=O) groups excluding carboxylic acids is 2. The first-order chi connectivity index (χ1) is 37.0. The largest absolute Gasteiger partial charge is 0.467 e. The Kier molecular flexibility index (Phi) is 17.4. The molecule has 0 aromatic carbocycles. The molecule has 4 heterocycles. The van der Waals surface area contributed by atoms with Crippen LogP contribution in [0.2, 0.25) is 0 Å². The highest BCUT2D eigenvalue weighted by molar-refractivity contribution is 5.79. The van der Waals surface area contributed by atoms with Crippen molar-refractivity contribution in [3.63, 3.8) is 0 Å². The van der Waals surface area contributed by atoms with Gasteiger partial charge >= 0.3 is 11.9 Å². The Hall–Kier alpha value is -2.12. The first-order valence-electron chi connectivity index (χ1n) is 28.2. The zero-order valence-corrected chi connectivity index (χ0v) is 46.4. The molecular formula is C55H88O24. The summed E-state index contributed by atoms with van der Waals surface area (Å²) in [6.07, 6.45) is -26.7. The van der Waals surface area contributed by atoms with E-state index in [4.69, 9.17) is 42.6 Å². The first kappa shape index (κ1) is 61.4. The summed E-state index contributed by atoms with van der Waals surface area (Å²) in [5.41, 5.74) is -1.36. The Bertz CT molecular complexity index is 2210. The highest BCUT2D eigenvalue weighted by Crippen LogP contribution is 2.76. The number of methoxy groups -OCH3 is 1. The number of aliphatic hydroxyl groups is 13. The van der Waals surface area contributed by atoms with Gasteiger partial charge in [-0.2, -0.15) is 0 Å². The van der Waals surface area contributed by atoms with Crippen molar-refractivity contribution in [3.8, 4) is 0 Å². The normalized spacial score (nSPS) is 52.3. The smallest absolute Gasteiger partial charge is 0.337 e. The molecule has 0 amide bonds. The highest BCUT2D eigenvalue weighted by Gasteiger charge is 2.70. The maximum absolute atomic E-state index is 14.8. The summed E-state index contributed by atoms with van der Waals surface area (Å²) in [6, 6.07) is 0. The van der Waals surface area contributed by atoms with Gasteiger partial charge < -0.3 is 109 Å². The van der Waals surface area contributed by atoms with Gasteiger partial charge in [0.1, 0.15) is 91.6 Å². The lowest BCUT2D eigenvalue weighted by Gasteiger charge is -2.71. The van der Waals surface area contributed by atoms with Crippen LogP contribution in [0.3, 0.4) is 0 Å². The fourth-order valence-corrected chi connectivity index (χ4v) is 16.6. The fraction of sp³-hybridized carbons (Fsp3) is 0.927. The van der Waals surface area contributed by atoms with Gasteiger partial charge in [-0.25, -0.2) is 4.79 Å². The molecule has 0 aromatic rings. The second-order valence-electron chi connectivity index (χ2n) is 26.5. The van der Waals surface area contributed by atoms with E-state index in [-0.39, 0.29) is 39.4 Å². The van der Waals surface area contributed by atoms with Crippen LogP contribution in [0.15, 0.2) is 11.6 Å². The van der Waals surface area contributed by atoms with Gasteiger partial charge in [0, 0.05) is 0 Å². The zero-order valence-electron chi connectivity index (χ0n) is 46.4. The van der Waals surface area contributed by atoms with E-state index < -0.39 is 172 Å². The lowest BCUT2D eigenvalue weighted by Crippen LogP contribution is -2.68. The summed E-state index contributed by atoms with van der Waals surface area (Å²) in [5, 5.41) is 139. The minimum absolute atomic E-state index is 0.0232. The van der Waals surface area contributed by atoms with Crippen LogP contribution in [0.5, 0.6) is 0 Å². The average molecular weight is 1130 g/mol. The molecule has 13 N–H and O–H groups in total. The van der Waals surface area contributed by atoms with E-state index >= 15 is 0 Å². The molecule has 28 unspecified atom stereocenters. The molecule has 24 nitrogen and oxygen atoms in total. The molecule has 9 aliphatic rings. The second-order valence-corrected chi connectivity index (χ2v) is 26.5. The second kappa shape index (κ2) is 22.4. The minimum Gasteiger partial charge on any atom is -0.467 e. The maximum Gasteiger partial charge on any atom is 0.337 e. The number of rotatable bonds is 12. The van der Waals surface area contributed by atoms with Gasteiger partial charge in [-0.3, -0.25) is 4.79 Å². The van der Waals surface area contributed by atoms with Gasteiger partial charge in [0.25, 0.3) is 0 Å². The standard InChI is InChI=1S/C55H88O24/c1-50(2)15-17-55(49(70)79-46-40(68)35(63)32(60)26(21-57)73-46)18-16-53(6)23(24(55)19-50)9-10-29-52(5)13-12-30(51(3,4)28(52)11-14-54(29,53)7)75-48-43(38(66)37(65)41(76-48)44(69)71-8)78-47-42(36(64)33(61)27(22-58)74-47)77-45-39(67)34(62)31(59)25(20-56)72-45/h9,24-43,45-48,56-68H,10-22H2,1-8H3. The van der Waals surface area contributed by atoms with Gasteiger partial charge in [-0.05, 0) is 109 Å². The Labute approximate surface area is 459 Å². The molecule has 0 radical (unpaired) electrons. The Morgan fingerprint density at radius 1 is 0.557 bits per heavy atom. The van der Waals surface area contributed by atoms with Crippen LogP contribution < -0.4 is 0 Å². The van der Waals surface area contributed by atoms with Crippen molar-refractivity contribution in [2.24, 2.45) is 50.2 Å². The number of hydrogen-bond acceptors (Lipinski definition) is 24. The van der Waals surface area contributed by atoms with Gasteiger partial charge in [-0.15, -0.1) is 0 Å². The number of carbonyl (C=O) groups is 2. The third-order valence-corrected chi connectivity index (χ3v) is 21.6. The molecule has 0 spiro atoms.